The summed E-state index contributed by atoms with van der Waals surface area (Å²) in [6.45, 7) is 4.08. The number of H-pyrrole nitrogens is 1. The van der Waals surface area contributed by atoms with E-state index in [1.807, 2.05) is 43.3 Å². The molecule has 0 atom stereocenters. The van der Waals surface area contributed by atoms with Gasteiger partial charge in [-0.05, 0) is 37.1 Å². The summed E-state index contributed by atoms with van der Waals surface area (Å²) in [4.78, 5) is 11.5. The van der Waals surface area contributed by atoms with Crippen molar-refractivity contribution in [3.63, 3.8) is 0 Å². The summed E-state index contributed by atoms with van der Waals surface area (Å²) in [5, 5.41) is 6.81. The molecule has 0 spiro atoms. The van der Waals surface area contributed by atoms with Gasteiger partial charge in [0.2, 0.25) is 0 Å². The van der Waals surface area contributed by atoms with Crippen LogP contribution in [0.25, 0.3) is 11.6 Å². The summed E-state index contributed by atoms with van der Waals surface area (Å²) in [5.74, 6) is -0.381. The molecule has 1 heterocycles. The fourth-order valence-electron chi connectivity index (χ4n) is 1.71. The molecule has 1 N–H and O–H groups in total. The van der Waals surface area contributed by atoms with Crippen LogP contribution in [-0.2, 0) is 4.74 Å². The average Bonchev–Trinajstić information content (AvgIpc) is 2.90. The predicted molar refractivity (Wildman–Crippen MR) is 74.5 cm³/mol. The van der Waals surface area contributed by atoms with E-state index in [2.05, 4.69) is 10.2 Å². The Labute approximate surface area is 112 Å². The van der Waals surface area contributed by atoms with Crippen molar-refractivity contribution >= 4 is 17.6 Å². The molecule has 0 fully saturated rings. The number of carbonyl (C=O) groups excluding carboxylic acids is 1. The van der Waals surface area contributed by atoms with Crippen LogP contribution in [0.4, 0.5) is 0 Å². The molecular formula is C15H16N2O2. The Morgan fingerprint density at radius 3 is 2.79 bits per heavy atom. The van der Waals surface area contributed by atoms with E-state index in [9.17, 15) is 4.79 Å². The first-order chi connectivity index (χ1) is 9.20. The van der Waals surface area contributed by atoms with Gasteiger partial charge in [-0.25, -0.2) is 4.79 Å². The van der Waals surface area contributed by atoms with Crippen molar-refractivity contribution in [1.82, 2.24) is 10.2 Å². The van der Waals surface area contributed by atoms with Crippen molar-refractivity contribution in [2.75, 3.05) is 6.61 Å². The first-order valence-corrected chi connectivity index (χ1v) is 6.17. The second-order valence-electron chi connectivity index (χ2n) is 4.13. The Kier molecular flexibility index (Phi) is 4.13. The lowest BCUT2D eigenvalue weighted by Crippen LogP contribution is -2.04. The molecule has 0 aliphatic heterocycles. The van der Waals surface area contributed by atoms with Crippen molar-refractivity contribution in [3.05, 3.63) is 53.3 Å². The number of allylic oxidation sites excluding steroid dienone is 1. The second-order valence-corrected chi connectivity index (χ2v) is 4.13. The van der Waals surface area contributed by atoms with Crippen LogP contribution in [0.15, 0.2) is 36.4 Å². The number of nitrogens with one attached hydrogen (secondary N) is 1. The quantitative estimate of drug-likeness (QED) is 0.855. The number of esters is 1. The molecule has 0 saturated carbocycles. The zero-order valence-corrected chi connectivity index (χ0v) is 11.0. The molecule has 0 aliphatic rings. The monoisotopic (exact) mass is 256 g/mol. The zero-order chi connectivity index (χ0) is 13.7. The third kappa shape index (κ3) is 3.31. The van der Waals surface area contributed by atoms with E-state index in [-0.39, 0.29) is 5.97 Å². The fourth-order valence-corrected chi connectivity index (χ4v) is 1.71. The maximum absolute atomic E-state index is 11.5. The number of nitrogens with zero attached hydrogens (tertiary/aromatic N) is 1. The highest BCUT2D eigenvalue weighted by atomic mass is 16.5. The summed E-state index contributed by atoms with van der Waals surface area (Å²) in [6, 6.07) is 11.7. The van der Waals surface area contributed by atoms with Gasteiger partial charge in [-0.3, -0.25) is 5.10 Å². The maximum Gasteiger partial charge on any atom is 0.356 e. The van der Waals surface area contributed by atoms with E-state index < -0.39 is 0 Å². The SMILES string of the molecule is CCOC(=O)c1cc(/C(C)=C/c2ccccc2)n[nH]1. The molecular weight excluding hydrogens is 240 g/mol. The molecule has 4 heteroatoms. The molecule has 0 unspecified atom stereocenters. The van der Waals surface area contributed by atoms with E-state index in [1.165, 1.54) is 0 Å². The Bertz CT molecular complexity index is 585. The summed E-state index contributed by atoms with van der Waals surface area (Å²) in [6.07, 6.45) is 2.02. The van der Waals surface area contributed by atoms with Gasteiger partial charge in [-0.15, -0.1) is 0 Å². The Hall–Kier alpha value is -2.36. The minimum atomic E-state index is -0.381. The number of hydrogen-bond donors (Lipinski definition) is 1. The highest BCUT2D eigenvalue weighted by molar-refractivity contribution is 5.89. The molecule has 1 aromatic carbocycles. The minimum Gasteiger partial charge on any atom is -0.461 e. The van der Waals surface area contributed by atoms with E-state index in [0.29, 0.717) is 12.3 Å². The van der Waals surface area contributed by atoms with Crippen molar-refractivity contribution in [1.29, 1.82) is 0 Å². The van der Waals surface area contributed by atoms with E-state index in [4.69, 9.17) is 4.74 Å². The predicted octanol–water partition coefficient (Wildman–Crippen LogP) is 3.15. The van der Waals surface area contributed by atoms with Gasteiger partial charge < -0.3 is 4.74 Å². The largest absolute Gasteiger partial charge is 0.461 e. The first-order valence-electron chi connectivity index (χ1n) is 6.17. The summed E-state index contributed by atoms with van der Waals surface area (Å²) < 4.78 is 4.91. The van der Waals surface area contributed by atoms with Crippen LogP contribution in [0.2, 0.25) is 0 Å². The van der Waals surface area contributed by atoms with Gasteiger partial charge in [-0.1, -0.05) is 30.3 Å². The van der Waals surface area contributed by atoms with Gasteiger partial charge in [0.1, 0.15) is 5.69 Å². The molecule has 0 bridgehead atoms. The first kappa shape index (κ1) is 13.1. The number of aromatic amines is 1. The molecule has 98 valence electrons. The second kappa shape index (κ2) is 6.00. The van der Waals surface area contributed by atoms with Crippen LogP contribution in [0.1, 0.15) is 35.6 Å². The fraction of sp³-hybridized carbons (Fsp3) is 0.200. The van der Waals surface area contributed by atoms with Crippen molar-refractivity contribution in [3.8, 4) is 0 Å². The third-order valence-electron chi connectivity index (χ3n) is 2.66. The Morgan fingerprint density at radius 2 is 2.11 bits per heavy atom. The third-order valence-corrected chi connectivity index (χ3v) is 2.66. The highest BCUT2D eigenvalue weighted by Crippen LogP contribution is 2.16. The molecule has 2 rings (SSSR count). The van der Waals surface area contributed by atoms with Crippen LogP contribution in [0.3, 0.4) is 0 Å². The number of rotatable bonds is 4. The highest BCUT2D eigenvalue weighted by Gasteiger charge is 2.11. The van der Waals surface area contributed by atoms with Gasteiger partial charge in [0.05, 0.1) is 12.3 Å². The van der Waals surface area contributed by atoms with E-state index in [0.717, 1.165) is 16.8 Å². The number of aromatic nitrogens is 2. The Balaban J connectivity index is 2.19. The number of ether oxygens (including phenoxy) is 1. The average molecular weight is 256 g/mol. The standard InChI is InChI=1S/C15H16N2O2/c1-3-19-15(18)14-10-13(16-17-14)11(2)9-12-7-5-4-6-8-12/h4-10H,3H2,1-2H3,(H,16,17)/b11-9+. The molecule has 0 saturated heterocycles. The smallest absolute Gasteiger partial charge is 0.356 e. The summed E-state index contributed by atoms with van der Waals surface area (Å²) >= 11 is 0. The minimum absolute atomic E-state index is 0.353. The van der Waals surface area contributed by atoms with Crippen LogP contribution in [-0.4, -0.2) is 22.8 Å². The van der Waals surface area contributed by atoms with Crippen LogP contribution >= 0.6 is 0 Å². The number of benzene rings is 1. The van der Waals surface area contributed by atoms with E-state index >= 15 is 0 Å². The molecule has 0 radical (unpaired) electrons. The lowest BCUT2D eigenvalue weighted by molar-refractivity contribution is 0.0519. The number of carbonyl (C=O) groups is 1. The van der Waals surface area contributed by atoms with Gasteiger partial charge in [-0.2, -0.15) is 5.10 Å². The topological polar surface area (TPSA) is 55.0 Å². The molecule has 0 amide bonds. The molecule has 4 nitrogen and oxygen atoms in total. The Morgan fingerprint density at radius 1 is 1.37 bits per heavy atom. The van der Waals surface area contributed by atoms with Gasteiger partial charge >= 0.3 is 5.97 Å². The van der Waals surface area contributed by atoms with Gasteiger partial charge in [0, 0.05) is 0 Å². The number of hydrogen-bond acceptors (Lipinski definition) is 3. The maximum atomic E-state index is 11.5. The van der Waals surface area contributed by atoms with Crippen molar-refractivity contribution < 1.29 is 9.53 Å². The van der Waals surface area contributed by atoms with E-state index in [1.54, 1.807) is 13.0 Å². The van der Waals surface area contributed by atoms with Crippen molar-refractivity contribution in [2.24, 2.45) is 0 Å². The van der Waals surface area contributed by atoms with Crippen LogP contribution < -0.4 is 0 Å². The molecule has 19 heavy (non-hydrogen) atoms. The lowest BCUT2D eigenvalue weighted by Gasteiger charge is -1.97. The zero-order valence-electron chi connectivity index (χ0n) is 11.0. The molecule has 1 aromatic heterocycles. The normalized spacial score (nSPS) is 11.4. The van der Waals surface area contributed by atoms with Crippen LogP contribution in [0.5, 0.6) is 0 Å². The molecule has 2 aromatic rings. The lowest BCUT2D eigenvalue weighted by atomic mass is 10.1. The van der Waals surface area contributed by atoms with Crippen molar-refractivity contribution in [2.45, 2.75) is 13.8 Å². The van der Waals surface area contributed by atoms with Crippen LogP contribution in [0, 0.1) is 0 Å². The molecule has 0 aliphatic carbocycles. The van der Waals surface area contributed by atoms with Gasteiger partial charge in [0.15, 0.2) is 0 Å². The summed E-state index contributed by atoms with van der Waals surface area (Å²) in [5.41, 5.74) is 3.20. The van der Waals surface area contributed by atoms with Gasteiger partial charge in [0.25, 0.3) is 0 Å². The summed E-state index contributed by atoms with van der Waals surface area (Å²) in [7, 11) is 0.